The molecule has 0 aromatic heterocycles. The summed E-state index contributed by atoms with van der Waals surface area (Å²) in [6.07, 6.45) is 8.09. The first kappa shape index (κ1) is 16.3. The molecular formula is C18H36N2. The van der Waals surface area contributed by atoms with Crippen molar-refractivity contribution >= 4 is 0 Å². The topological polar surface area (TPSA) is 29.3 Å². The SMILES string of the molecule is CC(C)C1CCCN(C2CC(C(C)C)CCC2N)CC1. The van der Waals surface area contributed by atoms with Crippen LogP contribution in [0, 0.1) is 23.7 Å². The van der Waals surface area contributed by atoms with Gasteiger partial charge in [0, 0.05) is 12.1 Å². The van der Waals surface area contributed by atoms with Gasteiger partial charge in [-0.05, 0) is 75.3 Å². The average Bonchev–Trinajstić information content (AvgIpc) is 2.64. The van der Waals surface area contributed by atoms with E-state index in [9.17, 15) is 0 Å². The summed E-state index contributed by atoms with van der Waals surface area (Å²) in [4.78, 5) is 2.75. The minimum absolute atomic E-state index is 0.417. The molecule has 0 amide bonds. The second-order valence-electron chi connectivity index (χ2n) is 8.02. The molecule has 0 aromatic rings. The lowest BCUT2D eigenvalue weighted by atomic mass is 9.76. The van der Waals surface area contributed by atoms with Crippen LogP contribution in [-0.2, 0) is 0 Å². The van der Waals surface area contributed by atoms with E-state index in [1.807, 2.05) is 0 Å². The summed E-state index contributed by atoms with van der Waals surface area (Å²) < 4.78 is 0. The Labute approximate surface area is 126 Å². The molecule has 2 rings (SSSR count). The van der Waals surface area contributed by atoms with Gasteiger partial charge in [-0.3, -0.25) is 4.90 Å². The molecule has 4 atom stereocenters. The molecule has 2 N–H and O–H groups in total. The fourth-order valence-electron chi connectivity index (χ4n) is 4.37. The average molecular weight is 281 g/mol. The molecule has 0 radical (unpaired) electrons. The van der Waals surface area contributed by atoms with Gasteiger partial charge >= 0.3 is 0 Å². The molecule has 2 heteroatoms. The Morgan fingerprint density at radius 2 is 1.55 bits per heavy atom. The van der Waals surface area contributed by atoms with Gasteiger partial charge in [0.05, 0.1) is 0 Å². The van der Waals surface area contributed by atoms with Crippen LogP contribution >= 0.6 is 0 Å². The lowest BCUT2D eigenvalue weighted by molar-refractivity contribution is 0.0978. The summed E-state index contributed by atoms with van der Waals surface area (Å²) in [5, 5.41) is 0. The van der Waals surface area contributed by atoms with Crippen LogP contribution in [0.2, 0.25) is 0 Å². The Kier molecular flexibility index (Phi) is 5.92. The molecule has 1 heterocycles. The summed E-state index contributed by atoms with van der Waals surface area (Å²) in [5.41, 5.74) is 6.48. The van der Waals surface area contributed by atoms with Crippen molar-refractivity contribution in [1.82, 2.24) is 4.90 Å². The molecular weight excluding hydrogens is 244 g/mol. The van der Waals surface area contributed by atoms with Crippen LogP contribution in [0.5, 0.6) is 0 Å². The Bertz CT molecular complexity index is 287. The van der Waals surface area contributed by atoms with Gasteiger partial charge < -0.3 is 5.73 Å². The minimum Gasteiger partial charge on any atom is -0.326 e. The normalized spacial score (nSPS) is 37.4. The van der Waals surface area contributed by atoms with E-state index in [1.165, 1.54) is 51.6 Å². The number of nitrogens with two attached hydrogens (primary N) is 1. The Morgan fingerprint density at radius 1 is 0.850 bits per heavy atom. The van der Waals surface area contributed by atoms with Gasteiger partial charge in [-0.15, -0.1) is 0 Å². The molecule has 0 bridgehead atoms. The van der Waals surface area contributed by atoms with Crippen molar-refractivity contribution in [2.24, 2.45) is 29.4 Å². The van der Waals surface area contributed by atoms with Gasteiger partial charge in [-0.25, -0.2) is 0 Å². The molecule has 0 aromatic carbocycles. The highest BCUT2D eigenvalue weighted by Crippen LogP contribution is 2.34. The predicted octanol–water partition coefficient (Wildman–Crippen LogP) is 3.90. The lowest BCUT2D eigenvalue weighted by Gasteiger charge is -2.42. The van der Waals surface area contributed by atoms with E-state index in [0.717, 1.165) is 23.7 Å². The van der Waals surface area contributed by atoms with E-state index >= 15 is 0 Å². The standard InChI is InChI=1S/C18H36N2/c1-13(2)15-6-5-10-20(11-9-15)18-12-16(14(3)4)7-8-17(18)19/h13-18H,5-12,19H2,1-4H3. The molecule has 2 fully saturated rings. The molecule has 1 aliphatic heterocycles. The van der Waals surface area contributed by atoms with Gasteiger partial charge in [0.2, 0.25) is 0 Å². The first-order valence-electron chi connectivity index (χ1n) is 8.98. The van der Waals surface area contributed by atoms with Crippen molar-refractivity contribution in [3.8, 4) is 0 Å². The summed E-state index contributed by atoms with van der Waals surface area (Å²) >= 11 is 0. The highest BCUT2D eigenvalue weighted by Gasteiger charge is 2.34. The van der Waals surface area contributed by atoms with Crippen LogP contribution < -0.4 is 5.73 Å². The van der Waals surface area contributed by atoms with Crippen molar-refractivity contribution in [3.63, 3.8) is 0 Å². The molecule has 4 unspecified atom stereocenters. The zero-order valence-corrected chi connectivity index (χ0v) is 14.1. The third-order valence-electron chi connectivity index (χ3n) is 6.07. The van der Waals surface area contributed by atoms with Crippen LogP contribution in [0.15, 0.2) is 0 Å². The minimum atomic E-state index is 0.417. The van der Waals surface area contributed by atoms with Crippen molar-refractivity contribution in [3.05, 3.63) is 0 Å². The largest absolute Gasteiger partial charge is 0.326 e. The van der Waals surface area contributed by atoms with Gasteiger partial charge in [0.1, 0.15) is 0 Å². The number of rotatable bonds is 3. The quantitative estimate of drug-likeness (QED) is 0.849. The smallest absolute Gasteiger partial charge is 0.0249 e. The zero-order chi connectivity index (χ0) is 14.7. The van der Waals surface area contributed by atoms with Crippen LogP contribution in [0.4, 0.5) is 0 Å². The molecule has 118 valence electrons. The third kappa shape index (κ3) is 3.98. The first-order valence-corrected chi connectivity index (χ1v) is 8.98. The molecule has 1 saturated carbocycles. The Hall–Kier alpha value is -0.0800. The molecule has 0 spiro atoms. The predicted molar refractivity (Wildman–Crippen MR) is 87.7 cm³/mol. The number of hydrogen-bond donors (Lipinski definition) is 1. The van der Waals surface area contributed by atoms with E-state index in [0.29, 0.717) is 12.1 Å². The van der Waals surface area contributed by atoms with Gasteiger partial charge in [0.15, 0.2) is 0 Å². The monoisotopic (exact) mass is 280 g/mol. The van der Waals surface area contributed by atoms with Crippen LogP contribution in [0.25, 0.3) is 0 Å². The first-order chi connectivity index (χ1) is 9.49. The highest BCUT2D eigenvalue weighted by molar-refractivity contribution is 4.91. The van der Waals surface area contributed by atoms with Crippen molar-refractivity contribution < 1.29 is 0 Å². The van der Waals surface area contributed by atoms with E-state index < -0.39 is 0 Å². The fraction of sp³-hybridized carbons (Fsp3) is 1.00. The second-order valence-corrected chi connectivity index (χ2v) is 8.02. The Balaban J connectivity index is 1.95. The highest BCUT2D eigenvalue weighted by atomic mass is 15.2. The van der Waals surface area contributed by atoms with E-state index in [4.69, 9.17) is 5.73 Å². The van der Waals surface area contributed by atoms with Crippen LogP contribution in [-0.4, -0.2) is 30.1 Å². The molecule has 2 nitrogen and oxygen atoms in total. The van der Waals surface area contributed by atoms with E-state index in [-0.39, 0.29) is 0 Å². The summed E-state index contributed by atoms with van der Waals surface area (Å²) in [5.74, 6) is 3.49. The second kappa shape index (κ2) is 7.26. The summed E-state index contributed by atoms with van der Waals surface area (Å²) in [7, 11) is 0. The molecule has 2 aliphatic rings. The van der Waals surface area contributed by atoms with E-state index in [2.05, 4.69) is 32.6 Å². The number of hydrogen-bond acceptors (Lipinski definition) is 2. The van der Waals surface area contributed by atoms with Gasteiger partial charge in [-0.2, -0.15) is 0 Å². The number of nitrogens with zero attached hydrogens (tertiary/aromatic N) is 1. The molecule has 1 saturated heterocycles. The summed E-state index contributed by atoms with van der Waals surface area (Å²) in [6, 6.07) is 1.07. The maximum atomic E-state index is 6.48. The van der Waals surface area contributed by atoms with Crippen LogP contribution in [0.3, 0.4) is 0 Å². The third-order valence-corrected chi connectivity index (χ3v) is 6.07. The maximum Gasteiger partial charge on any atom is 0.0249 e. The van der Waals surface area contributed by atoms with Crippen molar-refractivity contribution in [1.29, 1.82) is 0 Å². The fourth-order valence-corrected chi connectivity index (χ4v) is 4.37. The van der Waals surface area contributed by atoms with Gasteiger partial charge in [-0.1, -0.05) is 27.7 Å². The Morgan fingerprint density at radius 3 is 2.20 bits per heavy atom. The van der Waals surface area contributed by atoms with Gasteiger partial charge in [0.25, 0.3) is 0 Å². The van der Waals surface area contributed by atoms with Crippen LogP contribution in [0.1, 0.15) is 66.2 Å². The van der Waals surface area contributed by atoms with E-state index in [1.54, 1.807) is 0 Å². The maximum absolute atomic E-state index is 6.48. The lowest BCUT2D eigenvalue weighted by Crippen LogP contribution is -2.52. The zero-order valence-electron chi connectivity index (χ0n) is 14.1. The van der Waals surface area contributed by atoms with Crippen molar-refractivity contribution in [2.75, 3.05) is 13.1 Å². The summed E-state index contributed by atoms with van der Waals surface area (Å²) in [6.45, 7) is 12.1. The number of likely N-dealkylation sites (tertiary alicyclic amines) is 1. The molecule has 20 heavy (non-hydrogen) atoms. The molecule has 1 aliphatic carbocycles. The van der Waals surface area contributed by atoms with Crippen molar-refractivity contribution in [2.45, 2.75) is 78.3 Å².